The number of benzene rings is 4. The Balaban J connectivity index is 1.67. The van der Waals surface area contributed by atoms with E-state index in [1.807, 2.05) is 38.1 Å². The van der Waals surface area contributed by atoms with Crippen molar-refractivity contribution in [2.24, 2.45) is 0 Å². The van der Waals surface area contributed by atoms with Crippen molar-refractivity contribution in [2.45, 2.75) is 19.3 Å². The zero-order valence-corrected chi connectivity index (χ0v) is 21.9. The Bertz CT molecular complexity index is 1250. The number of halogens is 4. The number of nitrogen functional groups attached to an aromatic ring is 2. The number of para-hydroxylation sites is 4. The van der Waals surface area contributed by atoms with E-state index in [0.717, 1.165) is 11.1 Å². The summed E-state index contributed by atoms with van der Waals surface area (Å²) in [7, 11) is 0. The molecular formula is C27H22Cl4N2O2. The highest BCUT2D eigenvalue weighted by molar-refractivity contribution is 6.38. The van der Waals surface area contributed by atoms with Crippen LogP contribution in [0.5, 0.6) is 23.0 Å². The monoisotopic (exact) mass is 546 g/mol. The topological polar surface area (TPSA) is 70.5 Å². The SMILES string of the molecule is CC(C)(c1cc(Cl)c(Oc2ccccc2N)c(Cl)c1)c1cc(Cl)c(Oc2ccccc2N)c(Cl)c1. The van der Waals surface area contributed by atoms with Crippen molar-refractivity contribution in [2.75, 3.05) is 11.5 Å². The molecule has 0 unspecified atom stereocenters. The van der Waals surface area contributed by atoms with Gasteiger partial charge >= 0.3 is 0 Å². The molecule has 0 heterocycles. The summed E-state index contributed by atoms with van der Waals surface area (Å²) in [5.74, 6) is 1.59. The summed E-state index contributed by atoms with van der Waals surface area (Å²) in [5, 5.41) is 1.39. The second-order valence-electron chi connectivity index (χ2n) is 8.44. The van der Waals surface area contributed by atoms with Gasteiger partial charge < -0.3 is 20.9 Å². The predicted octanol–water partition coefficient (Wildman–Crippen LogP) is 9.38. The molecular weight excluding hydrogens is 526 g/mol. The first-order valence-corrected chi connectivity index (χ1v) is 12.1. The third-order valence-electron chi connectivity index (χ3n) is 5.70. The van der Waals surface area contributed by atoms with E-state index in [2.05, 4.69) is 0 Å². The van der Waals surface area contributed by atoms with Crippen LogP contribution in [0.4, 0.5) is 11.4 Å². The second kappa shape index (κ2) is 10.1. The Kier molecular flexibility index (Phi) is 7.30. The van der Waals surface area contributed by atoms with Crippen molar-refractivity contribution in [3.63, 3.8) is 0 Å². The molecule has 0 aromatic heterocycles. The van der Waals surface area contributed by atoms with Crippen LogP contribution in [0.3, 0.4) is 0 Å². The normalized spacial score (nSPS) is 11.4. The molecule has 35 heavy (non-hydrogen) atoms. The summed E-state index contributed by atoms with van der Waals surface area (Å²) < 4.78 is 11.8. The van der Waals surface area contributed by atoms with Gasteiger partial charge in [-0.25, -0.2) is 0 Å². The van der Waals surface area contributed by atoms with Gasteiger partial charge in [0.05, 0.1) is 31.5 Å². The minimum Gasteiger partial charge on any atom is -0.452 e. The number of ether oxygens (including phenoxy) is 2. The van der Waals surface area contributed by atoms with E-state index in [4.69, 9.17) is 67.3 Å². The van der Waals surface area contributed by atoms with Crippen LogP contribution in [0.2, 0.25) is 20.1 Å². The molecule has 180 valence electrons. The average Bonchev–Trinajstić information content (AvgIpc) is 2.80. The maximum absolute atomic E-state index is 6.59. The number of hydrogen-bond donors (Lipinski definition) is 2. The van der Waals surface area contributed by atoms with Crippen molar-refractivity contribution in [1.82, 2.24) is 0 Å². The molecule has 8 heteroatoms. The number of anilines is 2. The van der Waals surface area contributed by atoms with Gasteiger partial charge in [-0.2, -0.15) is 0 Å². The fourth-order valence-corrected chi connectivity index (χ4v) is 4.70. The molecule has 4 nitrogen and oxygen atoms in total. The highest BCUT2D eigenvalue weighted by atomic mass is 35.5. The lowest BCUT2D eigenvalue weighted by Crippen LogP contribution is -2.19. The van der Waals surface area contributed by atoms with Crippen molar-refractivity contribution < 1.29 is 9.47 Å². The highest BCUT2D eigenvalue weighted by Crippen LogP contribution is 2.46. The van der Waals surface area contributed by atoms with Crippen LogP contribution in [-0.4, -0.2) is 0 Å². The lowest BCUT2D eigenvalue weighted by atomic mass is 9.78. The molecule has 0 amide bonds. The molecule has 4 N–H and O–H groups in total. The molecule has 0 saturated heterocycles. The summed E-state index contributed by atoms with van der Waals surface area (Å²) >= 11 is 26.4. The molecule has 0 spiro atoms. The van der Waals surface area contributed by atoms with E-state index >= 15 is 0 Å². The summed E-state index contributed by atoms with van der Waals surface area (Å²) in [6.07, 6.45) is 0. The molecule has 0 radical (unpaired) electrons. The van der Waals surface area contributed by atoms with E-state index in [9.17, 15) is 0 Å². The van der Waals surface area contributed by atoms with E-state index in [-0.39, 0.29) is 0 Å². The van der Waals surface area contributed by atoms with Crippen LogP contribution in [-0.2, 0) is 5.41 Å². The summed E-state index contributed by atoms with van der Waals surface area (Å²) in [6, 6.07) is 21.5. The maximum atomic E-state index is 6.59. The molecule has 0 fully saturated rings. The number of rotatable bonds is 6. The Labute approximate surface area is 224 Å². The maximum Gasteiger partial charge on any atom is 0.164 e. The van der Waals surface area contributed by atoms with Crippen molar-refractivity contribution in [3.8, 4) is 23.0 Å². The van der Waals surface area contributed by atoms with Gasteiger partial charge in [-0.1, -0.05) is 84.5 Å². The fourth-order valence-electron chi connectivity index (χ4n) is 3.57. The zero-order valence-electron chi connectivity index (χ0n) is 18.9. The van der Waals surface area contributed by atoms with Gasteiger partial charge in [-0.05, 0) is 59.7 Å². The van der Waals surface area contributed by atoms with Crippen LogP contribution in [0.25, 0.3) is 0 Å². The molecule has 0 aliphatic rings. The predicted molar refractivity (Wildman–Crippen MR) is 147 cm³/mol. The Hall–Kier alpha value is -2.76. The minimum absolute atomic E-state index is 0.325. The van der Waals surface area contributed by atoms with Gasteiger partial charge in [-0.15, -0.1) is 0 Å². The third-order valence-corrected chi connectivity index (χ3v) is 6.83. The largest absolute Gasteiger partial charge is 0.452 e. The molecule has 0 atom stereocenters. The first-order chi connectivity index (χ1) is 16.6. The van der Waals surface area contributed by atoms with E-state index < -0.39 is 5.41 Å². The summed E-state index contributed by atoms with van der Waals surface area (Å²) in [5.41, 5.74) is 14.1. The highest BCUT2D eigenvalue weighted by Gasteiger charge is 2.28. The molecule has 4 aromatic carbocycles. The summed E-state index contributed by atoms with van der Waals surface area (Å²) in [4.78, 5) is 0. The van der Waals surface area contributed by atoms with E-state index in [1.54, 1.807) is 48.5 Å². The van der Waals surface area contributed by atoms with Crippen LogP contribution in [0, 0.1) is 0 Å². The first kappa shape index (κ1) is 25.3. The Morgan fingerprint density at radius 2 is 0.886 bits per heavy atom. The molecule has 0 bridgehead atoms. The molecule has 0 saturated carbocycles. The smallest absolute Gasteiger partial charge is 0.164 e. The van der Waals surface area contributed by atoms with Gasteiger partial charge in [0.25, 0.3) is 0 Å². The van der Waals surface area contributed by atoms with Crippen molar-refractivity contribution >= 4 is 57.8 Å². The first-order valence-electron chi connectivity index (χ1n) is 10.6. The fraction of sp³-hybridized carbons (Fsp3) is 0.111. The van der Waals surface area contributed by atoms with Crippen LogP contribution < -0.4 is 20.9 Å². The second-order valence-corrected chi connectivity index (χ2v) is 10.1. The average molecular weight is 548 g/mol. The van der Waals surface area contributed by atoms with Crippen LogP contribution >= 0.6 is 46.4 Å². The van der Waals surface area contributed by atoms with Gasteiger partial charge in [0.2, 0.25) is 0 Å². The molecule has 4 rings (SSSR count). The van der Waals surface area contributed by atoms with Gasteiger partial charge in [-0.3, -0.25) is 0 Å². The molecule has 4 aromatic rings. The quantitative estimate of drug-likeness (QED) is 0.236. The van der Waals surface area contributed by atoms with Crippen LogP contribution in [0.15, 0.2) is 72.8 Å². The zero-order chi connectivity index (χ0) is 25.3. The standard InChI is InChI=1S/C27H22Cl4N2O2/c1-27(2,15-11-17(28)25(18(29)12-15)34-23-9-5-3-7-21(23)32)16-13-19(30)26(20(31)14-16)35-24-10-6-4-8-22(24)33/h3-14H,32-33H2,1-2H3. The van der Waals surface area contributed by atoms with Gasteiger partial charge in [0, 0.05) is 5.41 Å². The lowest BCUT2D eigenvalue weighted by Gasteiger charge is -2.28. The molecule has 0 aliphatic heterocycles. The van der Waals surface area contributed by atoms with E-state index in [1.165, 1.54) is 0 Å². The van der Waals surface area contributed by atoms with Crippen molar-refractivity contribution in [1.29, 1.82) is 0 Å². The Morgan fingerprint density at radius 1 is 0.571 bits per heavy atom. The van der Waals surface area contributed by atoms with Gasteiger partial charge in [0.1, 0.15) is 11.5 Å². The molecule has 0 aliphatic carbocycles. The number of hydrogen-bond acceptors (Lipinski definition) is 4. The van der Waals surface area contributed by atoms with Crippen molar-refractivity contribution in [3.05, 3.63) is 104 Å². The lowest BCUT2D eigenvalue weighted by molar-refractivity contribution is 0.484. The Morgan fingerprint density at radius 3 is 1.20 bits per heavy atom. The van der Waals surface area contributed by atoms with Gasteiger partial charge in [0.15, 0.2) is 11.5 Å². The van der Waals surface area contributed by atoms with E-state index in [0.29, 0.717) is 54.5 Å². The summed E-state index contributed by atoms with van der Waals surface area (Å²) in [6.45, 7) is 4.03. The number of nitrogens with two attached hydrogens (primary N) is 2. The minimum atomic E-state index is -0.560. The third kappa shape index (κ3) is 5.26. The van der Waals surface area contributed by atoms with Crippen LogP contribution in [0.1, 0.15) is 25.0 Å².